The molecule has 0 spiro atoms. The molecule has 18 heavy (non-hydrogen) atoms. The van der Waals surface area contributed by atoms with Crippen LogP contribution in [0.25, 0.3) is 0 Å². The van der Waals surface area contributed by atoms with Crippen LogP contribution >= 0.6 is 11.8 Å². The summed E-state index contributed by atoms with van der Waals surface area (Å²) in [6.45, 7) is 3.57. The number of amides is 1. The first-order valence-electron chi connectivity index (χ1n) is 6.00. The molecule has 0 unspecified atom stereocenters. The summed E-state index contributed by atoms with van der Waals surface area (Å²) in [4.78, 5) is 11.3. The van der Waals surface area contributed by atoms with Gasteiger partial charge >= 0.3 is 5.91 Å². The maximum atomic E-state index is 11.3. The number of hydrazine groups is 1. The highest BCUT2D eigenvalue weighted by atomic mass is 32.2. The van der Waals surface area contributed by atoms with Gasteiger partial charge in [0.1, 0.15) is 5.76 Å². The Morgan fingerprint density at radius 1 is 1.56 bits per heavy atom. The number of furan rings is 1. The monoisotopic (exact) mass is 270 g/mol. The average molecular weight is 270 g/mol. The maximum Gasteiger partial charge on any atom is 0.300 e. The highest BCUT2D eigenvalue weighted by Gasteiger charge is 2.17. The van der Waals surface area contributed by atoms with E-state index in [1.807, 2.05) is 18.7 Å². The van der Waals surface area contributed by atoms with Crippen LogP contribution in [0.2, 0.25) is 0 Å². The van der Waals surface area contributed by atoms with E-state index in [9.17, 15) is 4.79 Å². The summed E-state index contributed by atoms with van der Waals surface area (Å²) in [7, 11) is 0. The molecule has 6 heteroatoms. The molecule has 0 saturated carbocycles. The van der Waals surface area contributed by atoms with Gasteiger partial charge in [0.2, 0.25) is 0 Å². The molecule has 2 heterocycles. The molecule has 2 rings (SSSR count). The SMILES string of the molecule is Cc1oc(C(=O)NN)cc1CSC1CCOCC1. The van der Waals surface area contributed by atoms with E-state index in [2.05, 4.69) is 5.43 Å². The number of carbonyl (C=O) groups excluding carboxylic acids is 1. The van der Waals surface area contributed by atoms with Crippen molar-refractivity contribution in [1.82, 2.24) is 5.43 Å². The Bertz CT molecular complexity index is 413. The number of aryl methyl sites for hydroxylation is 1. The summed E-state index contributed by atoms with van der Waals surface area (Å²) >= 11 is 1.89. The Kier molecular flexibility index (Phi) is 4.68. The lowest BCUT2D eigenvalue weighted by Crippen LogP contribution is -2.29. The zero-order valence-electron chi connectivity index (χ0n) is 10.4. The van der Waals surface area contributed by atoms with Crippen LogP contribution in [0.15, 0.2) is 10.5 Å². The topological polar surface area (TPSA) is 77.5 Å². The van der Waals surface area contributed by atoms with E-state index >= 15 is 0 Å². The van der Waals surface area contributed by atoms with E-state index in [-0.39, 0.29) is 11.7 Å². The van der Waals surface area contributed by atoms with Gasteiger partial charge in [-0.15, -0.1) is 0 Å². The quantitative estimate of drug-likeness (QED) is 0.494. The summed E-state index contributed by atoms with van der Waals surface area (Å²) in [6.07, 6.45) is 2.19. The molecule has 3 N–H and O–H groups in total. The standard InChI is InChI=1S/C12H18N2O3S/c1-8-9(6-11(17-8)12(15)14-13)7-18-10-2-4-16-5-3-10/h6,10H,2-5,7,13H2,1H3,(H,14,15). The fourth-order valence-corrected chi connectivity index (χ4v) is 3.12. The molecule has 1 saturated heterocycles. The molecule has 1 aliphatic rings. The van der Waals surface area contributed by atoms with Crippen molar-refractivity contribution in [2.75, 3.05) is 13.2 Å². The van der Waals surface area contributed by atoms with Crippen LogP contribution in [-0.2, 0) is 10.5 Å². The number of hydrogen-bond acceptors (Lipinski definition) is 5. The van der Waals surface area contributed by atoms with Crippen molar-refractivity contribution in [2.24, 2.45) is 5.84 Å². The third-order valence-corrected chi connectivity index (χ3v) is 4.44. The predicted octanol–water partition coefficient (Wildman–Crippen LogP) is 1.60. The molecule has 0 aliphatic carbocycles. The van der Waals surface area contributed by atoms with Gasteiger partial charge in [0.05, 0.1) is 0 Å². The van der Waals surface area contributed by atoms with E-state index in [0.29, 0.717) is 5.25 Å². The van der Waals surface area contributed by atoms with Gasteiger partial charge in [-0.25, -0.2) is 5.84 Å². The van der Waals surface area contributed by atoms with Crippen LogP contribution in [0, 0.1) is 6.92 Å². The van der Waals surface area contributed by atoms with Crippen molar-refractivity contribution < 1.29 is 13.9 Å². The lowest BCUT2D eigenvalue weighted by atomic mass is 10.2. The number of nitrogen functional groups attached to an aromatic ring is 1. The number of hydrogen-bond donors (Lipinski definition) is 2. The summed E-state index contributed by atoms with van der Waals surface area (Å²) in [6, 6.07) is 1.77. The third-order valence-electron chi connectivity index (χ3n) is 3.02. The van der Waals surface area contributed by atoms with Gasteiger partial charge in [-0.1, -0.05) is 0 Å². The minimum atomic E-state index is -0.389. The molecular weight excluding hydrogens is 252 g/mol. The van der Waals surface area contributed by atoms with Crippen LogP contribution in [0.3, 0.4) is 0 Å². The second-order valence-corrected chi connectivity index (χ2v) is 5.58. The van der Waals surface area contributed by atoms with Crippen molar-refractivity contribution in [1.29, 1.82) is 0 Å². The van der Waals surface area contributed by atoms with Crippen LogP contribution < -0.4 is 11.3 Å². The Labute approximate surface area is 110 Å². The lowest BCUT2D eigenvalue weighted by Gasteiger charge is -2.21. The molecule has 1 aromatic heterocycles. The van der Waals surface area contributed by atoms with Crippen molar-refractivity contribution in [3.63, 3.8) is 0 Å². The fourth-order valence-electron chi connectivity index (χ4n) is 1.90. The largest absolute Gasteiger partial charge is 0.456 e. The van der Waals surface area contributed by atoms with E-state index < -0.39 is 0 Å². The highest BCUT2D eigenvalue weighted by Crippen LogP contribution is 2.28. The second kappa shape index (κ2) is 6.26. The number of nitrogens with one attached hydrogen (secondary N) is 1. The van der Waals surface area contributed by atoms with Gasteiger partial charge < -0.3 is 9.15 Å². The van der Waals surface area contributed by atoms with E-state index in [4.69, 9.17) is 15.0 Å². The van der Waals surface area contributed by atoms with Crippen LogP contribution in [-0.4, -0.2) is 24.4 Å². The molecule has 1 fully saturated rings. The number of rotatable bonds is 4. The Hall–Kier alpha value is -0.980. The summed E-state index contributed by atoms with van der Waals surface area (Å²) in [5.74, 6) is 6.61. The molecule has 0 atom stereocenters. The zero-order chi connectivity index (χ0) is 13.0. The van der Waals surface area contributed by atoms with Gasteiger partial charge in [0.15, 0.2) is 5.76 Å². The number of ether oxygens (including phenoxy) is 1. The van der Waals surface area contributed by atoms with Gasteiger partial charge in [-0.2, -0.15) is 11.8 Å². The first-order chi connectivity index (χ1) is 8.70. The molecule has 1 aliphatic heterocycles. The van der Waals surface area contributed by atoms with Crippen LogP contribution in [0.5, 0.6) is 0 Å². The van der Waals surface area contributed by atoms with Gasteiger partial charge in [-0.3, -0.25) is 10.2 Å². The Morgan fingerprint density at radius 2 is 2.28 bits per heavy atom. The predicted molar refractivity (Wildman–Crippen MR) is 70.2 cm³/mol. The Morgan fingerprint density at radius 3 is 2.94 bits per heavy atom. The van der Waals surface area contributed by atoms with Gasteiger partial charge in [0, 0.05) is 29.8 Å². The summed E-state index contributed by atoms with van der Waals surface area (Å²) < 4.78 is 10.7. The summed E-state index contributed by atoms with van der Waals surface area (Å²) in [5, 5.41) is 0.639. The van der Waals surface area contributed by atoms with Gasteiger partial charge in [0.25, 0.3) is 0 Å². The number of carbonyl (C=O) groups is 1. The zero-order valence-corrected chi connectivity index (χ0v) is 11.2. The minimum absolute atomic E-state index is 0.276. The molecule has 0 aromatic carbocycles. The van der Waals surface area contributed by atoms with Crippen molar-refractivity contribution in [3.05, 3.63) is 23.2 Å². The van der Waals surface area contributed by atoms with Crippen LogP contribution in [0.1, 0.15) is 34.7 Å². The first kappa shape index (κ1) is 13.5. The molecule has 0 radical (unpaired) electrons. The van der Waals surface area contributed by atoms with Crippen molar-refractivity contribution in [3.8, 4) is 0 Å². The smallest absolute Gasteiger partial charge is 0.300 e. The molecule has 100 valence electrons. The molecular formula is C12H18N2O3S. The molecule has 1 amide bonds. The number of nitrogens with two attached hydrogens (primary N) is 1. The third kappa shape index (κ3) is 3.28. The summed E-state index contributed by atoms with van der Waals surface area (Å²) in [5.41, 5.74) is 3.13. The maximum absolute atomic E-state index is 11.3. The van der Waals surface area contributed by atoms with E-state index in [1.54, 1.807) is 6.07 Å². The lowest BCUT2D eigenvalue weighted by molar-refractivity contribution is 0.0924. The molecule has 0 bridgehead atoms. The van der Waals surface area contributed by atoms with Crippen molar-refractivity contribution >= 4 is 17.7 Å². The Balaban J connectivity index is 1.92. The number of thioether (sulfide) groups is 1. The average Bonchev–Trinajstić information content (AvgIpc) is 2.78. The van der Waals surface area contributed by atoms with Gasteiger partial charge in [-0.05, 0) is 25.8 Å². The highest BCUT2D eigenvalue weighted by molar-refractivity contribution is 7.99. The fraction of sp³-hybridized carbons (Fsp3) is 0.583. The molecule has 5 nitrogen and oxygen atoms in total. The normalized spacial score (nSPS) is 16.8. The molecule has 1 aromatic rings. The van der Waals surface area contributed by atoms with E-state index in [1.165, 1.54) is 0 Å². The van der Waals surface area contributed by atoms with Crippen LogP contribution in [0.4, 0.5) is 0 Å². The van der Waals surface area contributed by atoms with E-state index in [0.717, 1.165) is 43.1 Å². The minimum Gasteiger partial charge on any atom is -0.456 e. The second-order valence-electron chi connectivity index (χ2n) is 4.29. The first-order valence-corrected chi connectivity index (χ1v) is 7.05. The van der Waals surface area contributed by atoms with Crippen molar-refractivity contribution in [2.45, 2.75) is 30.8 Å².